The zero-order valence-electron chi connectivity index (χ0n) is 15.4. The van der Waals surface area contributed by atoms with Crippen LogP contribution in [0.5, 0.6) is 5.75 Å². The standard InChI is InChI=1S/C22H17N3O4/c1-2-11-25(14-17-8-5-12-27-17)22(26)19-13-18(29-24-19)15-28-20-9-3-6-16-7-4-10-23-21(16)20/h1,3-10,12-13H,11,14-15H2. The summed E-state index contributed by atoms with van der Waals surface area (Å²) in [5.74, 6) is 3.80. The lowest BCUT2D eigenvalue weighted by molar-refractivity contribution is 0.0744. The third-order valence-corrected chi connectivity index (χ3v) is 4.24. The van der Waals surface area contributed by atoms with Gasteiger partial charge in [-0.05, 0) is 24.3 Å². The number of fused-ring (bicyclic) bond motifs is 1. The maximum Gasteiger partial charge on any atom is 0.277 e. The monoisotopic (exact) mass is 387 g/mol. The molecule has 0 radical (unpaired) electrons. The summed E-state index contributed by atoms with van der Waals surface area (Å²) in [6.45, 7) is 0.486. The number of carbonyl (C=O) groups excluding carboxylic acids is 1. The number of pyridine rings is 1. The SMILES string of the molecule is C#CCN(Cc1ccco1)C(=O)c1cc(COc2cccc3cccnc23)on1. The van der Waals surface area contributed by atoms with E-state index in [0.29, 0.717) is 17.3 Å². The Balaban J connectivity index is 1.46. The molecule has 1 aromatic carbocycles. The smallest absolute Gasteiger partial charge is 0.277 e. The molecule has 7 nitrogen and oxygen atoms in total. The van der Waals surface area contributed by atoms with E-state index in [0.717, 1.165) is 10.9 Å². The zero-order chi connectivity index (χ0) is 20.1. The number of benzene rings is 1. The average molecular weight is 387 g/mol. The number of carbonyl (C=O) groups is 1. The van der Waals surface area contributed by atoms with Gasteiger partial charge in [-0.2, -0.15) is 0 Å². The van der Waals surface area contributed by atoms with Crippen molar-refractivity contribution in [1.29, 1.82) is 0 Å². The van der Waals surface area contributed by atoms with Crippen molar-refractivity contribution in [1.82, 2.24) is 15.0 Å². The van der Waals surface area contributed by atoms with E-state index in [1.54, 1.807) is 30.7 Å². The van der Waals surface area contributed by atoms with Gasteiger partial charge in [-0.1, -0.05) is 29.3 Å². The summed E-state index contributed by atoms with van der Waals surface area (Å²) in [5, 5.41) is 4.84. The van der Waals surface area contributed by atoms with Gasteiger partial charge in [0.1, 0.15) is 23.6 Å². The number of nitrogens with zero attached hydrogens (tertiary/aromatic N) is 3. The second-order valence-corrected chi connectivity index (χ2v) is 6.24. The minimum absolute atomic E-state index is 0.114. The summed E-state index contributed by atoms with van der Waals surface area (Å²) in [6.07, 6.45) is 8.64. The molecule has 0 atom stereocenters. The lowest BCUT2D eigenvalue weighted by Gasteiger charge is -2.17. The summed E-state index contributed by atoms with van der Waals surface area (Å²) in [6, 6.07) is 14.6. The number of amides is 1. The van der Waals surface area contributed by atoms with Crippen LogP contribution >= 0.6 is 0 Å². The third kappa shape index (κ3) is 4.12. The van der Waals surface area contributed by atoms with Crippen molar-refractivity contribution in [2.75, 3.05) is 6.54 Å². The van der Waals surface area contributed by atoms with Gasteiger partial charge in [-0.25, -0.2) is 0 Å². The Kier molecular flexibility index (Phi) is 5.25. The Morgan fingerprint density at radius 2 is 2.07 bits per heavy atom. The van der Waals surface area contributed by atoms with Crippen LogP contribution in [0.3, 0.4) is 0 Å². The van der Waals surface area contributed by atoms with Crippen LogP contribution in [0.25, 0.3) is 10.9 Å². The van der Waals surface area contributed by atoms with Gasteiger partial charge < -0.3 is 18.6 Å². The second kappa shape index (κ2) is 8.31. The van der Waals surface area contributed by atoms with E-state index in [9.17, 15) is 4.79 Å². The molecule has 0 bridgehead atoms. The van der Waals surface area contributed by atoms with E-state index < -0.39 is 0 Å². The van der Waals surface area contributed by atoms with Gasteiger partial charge in [0.05, 0.1) is 19.4 Å². The minimum atomic E-state index is -0.346. The van der Waals surface area contributed by atoms with Crippen molar-refractivity contribution in [3.05, 3.63) is 78.2 Å². The number of hydrogen-bond donors (Lipinski definition) is 0. The molecule has 0 aliphatic heterocycles. The van der Waals surface area contributed by atoms with Gasteiger partial charge >= 0.3 is 0 Å². The fourth-order valence-corrected chi connectivity index (χ4v) is 2.89. The lowest BCUT2D eigenvalue weighted by atomic mass is 10.2. The van der Waals surface area contributed by atoms with E-state index in [1.807, 2.05) is 30.3 Å². The van der Waals surface area contributed by atoms with E-state index in [-0.39, 0.29) is 31.3 Å². The van der Waals surface area contributed by atoms with E-state index >= 15 is 0 Å². The number of hydrogen-bond acceptors (Lipinski definition) is 6. The molecular formula is C22H17N3O4. The van der Waals surface area contributed by atoms with Gasteiger partial charge in [0.15, 0.2) is 11.5 Å². The van der Waals surface area contributed by atoms with Crippen LogP contribution in [0.2, 0.25) is 0 Å². The molecule has 0 aliphatic carbocycles. The molecule has 0 spiro atoms. The Hall–Kier alpha value is -4.05. The quantitative estimate of drug-likeness (QED) is 0.450. The number of ether oxygens (including phenoxy) is 1. The fraction of sp³-hybridized carbons (Fsp3) is 0.136. The molecule has 0 fully saturated rings. The highest BCUT2D eigenvalue weighted by molar-refractivity contribution is 5.92. The predicted octanol–water partition coefficient (Wildman–Crippen LogP) is 3.67. The van der Waals surface area contributed by atoms with Gasteiger partial charge in [-0.15, -0.1) is 6.42 Å². The van der Waals surface area contributed by atoms with Crippen LogP contribution < -0.4 is 4.74 Å². The van der Waals surface area contributed by atoms with Gasteiger partial charge in [0.2, 0.25) is 0 Å². The molecule has 29 heavy (non-hydrogen) atoms. The molecule has 144 valence electrons. The van der Waals surface area contributed by atoms with Gasteiger partial charge in [0, 0.05) is 17.6 Å². The van der Waals surface area contributed by atoms with E-state index in [2.05, 4.69) is 16.1 Å². The summed E-state index contributed by atoms with van der Waals surface area (Å²) in [4.78, 5) is 18.5. The van der Waals surface area contributed by atoms with Crippen LogP contribution in [-0.2, 0) is 13.2 Å². The molecular weight excluding hydrogens is 370 g/mol. The topological polar surface area (TPSA) is 81.6 Å². The highest BCUT2D eigenvalue weighted by Crippen LogP contribution is 2.24. The predicted molar refractivity (Wildman–Crippen MR) is 105 cm³/mol. The first-order chi connectivity index (χ1) is 14.2. The van der Waals surface area contributed by atoms with Crippen molar-refractivity contribution in [3.8, 4) is 18.1 Å². The van der Waals surface area contributed by atoms with Crippen molar-refractivity contribution in [3.63, 3.8) is 0 Å². The number of furan rings is 1. The largest absolute Gasteiger partial charge is 0.483 e. The molecule has 0 saturated carbocycles. The highest BCUT2D eigenvalue weighted by Gasteiger charge is 2.21. The van der Waals surface area contributed by atoms with Crippen LogP contribution in [0.15, 0.2) is 69.9 Å². The molecule has 7 heteroatoms. The van der Waals surface area contributed by atoms with Crippen LogP contribution in [0.1, 0.15) is 22.0 Å². The number of para-hydroxylation sites is 1. The van der Waals surface area contributed by atoms with Crippen LogP contribution in [0, 0.1) is 12.3 Å². The summed E-state index contributed by atoms with van der Waals surface area (Å²) in [7, 11) is 0. The molecule has 4 aromatic rings. The van der Waals surface area contributed by atoms with Crippen molar-refractivity contribution in [2.24, 2.45) is 0 Å². The average Bonchev–Trinajstić information content (AvgIpc) is 3.43. The fourth-order valence-electron chi connectivity index (χ4n) is 2.89. The Morgan fingerprint density at radius 1 is 1.17 bits per heavy atom. The summed E-state index contributed by atoms with van der Waals surface area (Å²) in [5.41, 5.74) is 0.908. The lowest BCUT2D eigenvalue weighted by Crippen LogP contribution is -2.31. The van der Waals surface area contributed by atoms with E-state index in [4.69, 9.17) is 20.1 Å². The number of rotatable bonds is 7. The second-order valence-electron chi connectivity index (χ2n) is 6.24. The first-order valence-corrected chi connectivity index (χ1v) is 8.92. The number of aromatic nitrogens is 2. The molecule has 3 heterocycles. The molecule has 1 amide bonds. The molecule has 0 aliphatic rings. The normalized spacial score (nSPS) is 10.6. The number of terminal acetylenes is 1. The maximum absolute atomic E-state index is 12.7. The van der Waals surface area contributed by atoms with Crippen molar-refractivity contribution >= 4 is 16.8 Å². The summed E-state index contributed by atoms with van der Waals surface area (Å²) >= 11 is 0. The Morgan fingerprint density at radius 3 is 2.90 bits per heavy atom. The highest BCUT2D eigenvalue weighted by atomic mass is 16.5. The van der Waals surface area contributed by atoms with Crippen LogP contribution in [-0.4, -0.2) is 27.5 Å². The van der Waals surface area contributed by atoms with Crippen molar-refractivity contribution in [2.45, 2.75) is 13.2 Å². The molecule has 0 N–H and O–H groups in total. The molecule has 0 saturated heterocycles. The third-order valence-electron chi connectivity index (χ3n) is 4.24. The van der Waals surface area contributed by atoms with Crippen LogP contribution in [0.4, 0.5) is 0 Å². The molecule has 0 unspecified atom stereocenters. The first kappa shape index (κ1) is 18.3. The molecule has 4 rings (SSSR count). The van der Waals surface area contributed by atoms with Gasteiger partial charge in [-0.3, -0.25) is 9.78 Å². The zero-order valence-corrected chi connectivity index (χ0v) is 15.4. The molecule has 3 aromatic heterocycles. The summed E-state index contributed by atoms with van der Waals surface area (Å²) < 4.78 is 16.4. The van der Waals surface area contributed by atoms with Gasteiger partial charge in [0.25, 0.3) is 5.91 Å². The Labute approximate surface area is 166 Å². The minimum Gasteiger partial charge on any atom is -0.483 e. The van der Waals surface area contributed by atoms with Crippen molar-refractivity contribution < 1.29 is 18.5 Å². The first-order valence-electron chi connectivity index (χ1n) is 8.92. The van der Waals surface area contributed by atoms with E-state index in [1.165, 1.54) is 4.90 Å². The maximum atomic E-state index is 12.7. The Bertz CT molecular complexity index is 1150.